The second kappa shape index (κ2) is 4.59. The second-order valence-electron chi connectivity index (χ2n) is 3.07. The van der Waals surface area contributed by atoms with Gasteiger partial charge in [-0.3, -0.25) is 4.79 Å². The minimum absolute atomic E-state index is 0.170. The predicted octanol–water partition coefficient (Wildman–Crippen LogP) is 2.73. The van der Waals surface area contributed by atoms with Crippen LogP contribution in [0.4, 0.5) is 0 Å². The van der Waals surface area contributed by atoms with Gasteiger partial charge in [0.15, 0.2) is 5.12 Å². The molecule has 0 N–H and O–H groups in total. The van der Waals surface area contributed by atoms with E-state index in [0.717, 1.165) is 10.2 Å². The molecule has 0 amide bonds. The smallest absolute Gasteiger partial charge is 0.194 e. The molecule has 10 heavy (non-hydrogen) atoms. The molecule has 0 saturated heterocycles. The Morgan fingerprint density at radius 3 is 2.30 bits per heavy atom. The number of alkyl halides is 1. The molecule has 0 radical (unpaired) electrons. The van der Waals surface area contributed by atoms with Gasteiger partial charge in [-0.25, -0.2) is 0 Å². The maximum Gasteiger partial charge on any atom is 0.194 e. The van der Waals surface area contributed by atoms with Crippen molar-refractivity contribution in [3.8, 4) is 0 Å². The molecule has 0 fully saturated rings. The molecule has 3 heteroatoms. The molecule has 0 aromatic rings. The summed E-state index contributed by atoms with van der Waals surface area (Å²) in [5.74, 6) is 0.941. The van der Waals surface area contributed by atoms with Crippen LogP contribution < -0.4 is 0 Å². The van der Waals surface area contributed by atoms with Crippen LogP contribution in [0.1, 0.15) is 20.8 Å². The third-order valence-electron chi connectivity index (χ3n) is 0.923. The molecule has 0 aliphatic rings. The van der Waals surface area contributed by atoms with Crippen LogP contribution in [0.2, 0.25) is 0 Å². The zero-order chi connectivity index (χ0) is 8.20. The summed E-state index contributed by atoms with van der Waals surface area (Å²) in [5.41, 5.74) is -0.170. The first-order valence-electron chi connectivity index (χ1n) is 3.21. The number of carbonyl (C=O) groups is 1. The molecule has 1 nitrogen and oxygen atoms in total. The molecule has 0 spiro atoms. The van der Waals surface area contributed by atoms with Crippen molar-refractivity contribution in [1.29, 1.82) is 0 Å². The lowest BCUT2D eigenvalue weighted by atomic mass is 10.00. The molecular weight excluding hydrogens is 259 g/mol. The van der Waals surface area contributed by atoms with E-state index in [1.54, 1.807) is 0 Å². The minimum Gasteiger partial charge on any atom is -0.287 e. The Balaban J connectivity index is 3.64. The van der Waals surface area contributed by atoms with Crippen LogP contribution in [-0.2, 0) is 4.79 Å². The highest BCUT2D eigenvalue weighted by molar-refractivity contribution is 14.1. The molecule has 0 aromatic heterocycles. The zero-order valence-electron chi connectivity index (χ0n) is 6.61. The SMILES string of the molecule is CC(C)(C)C(=O)SCCI. The number of hydrogen-bond donors (Lipinski definition) is 0. The quantitative estimate of drug-likeness (QED) is 0.568. The van der Waals surface area contributed by atoms with Gasteiger partial charge in [0.2, 0.25) is 0 Å². The van der Waals surface area contributed by atoms with E-state index in [-0.39, 0.29) is 5.41 Å². The Morgan fingerprint density at radius 1 is 1.50 bits per heavy atom. The van der Waals surface area contributed by atoms with Gasteiger partial charge in [0.05, 0.1) is 0 Å². The van der Waals surface area contributed by atoms with Crippen LogP contribution in [0.5, 0.6) is 0 Å². The fourth-order valence-corrected chi connectivity index (χ4v) is 1.70. The maximum atomic E-state index is 11.2. The molecule has 0 aliphatic heterocycles. The third-order valence-corrected chi connectivity index (χ3v) is 3.48. The van der Waals surface area contributed by atoms with Crippen molar-refractivity contribution in [1.82, 2.24) is 0 Å². The number of thioether (sulfide) groups is 1. The topological polar surface area (TPSA) is 17.1 Å². The third kappa shape index (κ3) is 4.55. The van der Waals surface area contributed by atoms with Crippen LogP contribution in [0, 0.1) is 5.41 Å². The normalized spacial score (nSPS) is 11.6. The second-order valence-corrected chi connectivity index (χ2v) is 5.22. The highest BCUT2D eigenvalue weighted by atomic mass is 127. The first-order chi connectivity index (χ1) is 4.48. The summed E-state index contributed by atoms with van der Waals surface area (Å²) in [7, 11) is 0. The number of rotatable bonds is 2. The van der Waals surface area contributed by atoms with E-state index in [1.807, 2.05) is 20.8 Å². The van der Waals surface area contributed by atoms with E-state index in [1.165, 1.54) is 11.8 Å². The van der Waals surface area contributed by atoms with E-state index in [4.69, 9.17) is 0 Å². The van der Waals surface area contributed by atoms with Gasteiger partial charge in [-0.15, -0.1) is 0 Å². The van der Waals surface area contributed by atoms with Crippen LogP contribution in [-0.4, -0.2) is 15.3 Å². The van der Waals surface area contributed by atoms with Gasteiger partial charge in [0, 0.05) is 15.6 Å². The molecule has 0 heterocycles. The molecule has 0 bridgehead atoms. The Morgan fingerprint density at radius 2 is 2.00 bits per heavy atom. The molecule has 0 unspecified atom stereocenters. The van der Waals surface area contributed by atoms with Crippen molar-refractivity contribution in [2.45, 2.75) is 20.8 Å². The molecule has 60 valence electrons. The van der Waals surface area contributed by atoms with Crippen molar-refractivity contribution in [3.63, 3.8) is 0 Å². The standard InChI is InChI=1S/C7H13IOS/c1-7(2,3)6(9)10-5-4-8/h4-5H2,1-3H3. The lowest BCUT2D eigenvalue weighted by molar-refractivity contribution is -0.117. The highest BCUT2D eigenvalue weighted by Crippen LogP contribution is 2.22. The Hall–Kier alpha value is 0.750. The van der Waals surface area contributed by atoms with Crippen molar-refractivity contribution < 1.29 is 4.79 Å². The summed E-state index contributed by atoms with van der Waals surface area (Å²) >= 11 is 3.71. The fourth-order valence-electron chi connectivity index (χ4n) is 0.348. The van der Waals surface area contributed by atoms with E-state index >= 15 is 0 Å². The number of carbonyl (C=O) groups excluding carboxylic acids is 1. The van der Waals surface area contributed by atoms with Crippen molar-refractivity contribution in [3.05, 3.63) is 0 Å². The molecule has 0 saturated carbocycles. The van der Waals surface area contributed by atoms with Crippen LogP contribution in [0.25, 0.3) is 0 Å². The van der Waals surface area contributed by atoms with Crippen molar-refractivity contribution in [2.75, 3.05) is 10.2 Å². The van der Waals surface area contributed by atoms with E-state index in [9.17, 15) is 4.79 Å². The fraction of sp³-hybridized carbons (Fsp3) is 0.857. The zero-order valence-corrected chi connectivity index (χ0v) is 9.58. The first kappa shape index (κ1) is 10.8. The van der Waals surface area contributed by atoms with Crippen molar-refractivity contribution in [2.24, 2.45) is 5.41 Å². The van der Waals surface area contributed by atoms with Crippen LogP contribution in [0.3, 0.4) is 0 Å². The average molecular weight is 272 g/mol. The summed E-state index contributed by atoms with van der Waals surface area (Å²) in [5, 5.41) is 0.296. The lowest BCUT2D eigenvalue weighted by Gasteiger charge is -2.14. The van der Waals surface area contributed by atoms with Crippen molar-refractivity contribution >= 4 is 39.5 Å². The lowest BCUT2D eigenvalue weighted by Crippen LogP contribution is -2.16. The molecular formula is C7H13IOS. The van der Waals surface area contributed by atoms with E-state index in [2.05, 4.69) is 22.6 Å². The Labute approximate surface area is 80.5 Å². The first-order valence-corrected chi connectivity index (χ1v) is 5.73. The number of hydrogen-bond acceptors (Lipinski definition) is 2. The number of halogens is 1. The average Bonchev–Trinajstić information content (AvgIpc) is 1.80. The molecule has 0 aromatic carbocycles. The van der Waals surface area contributed by atoms with Gasteiger partial charge in [-0.2, -0.15) is 0 Å². The minimum atomic E-state index is -0.170. The van der Waals surface area contributed by atoms with Gasteiger partial charge in [0.25, 0.3) is 0 Å². The predicted molar refractivity (Wildman–Crippen MR) is 55.8 cm³/mol. The highest BCUT2D eigenvalue weighted by Gasteiger charge is 2.20. The van der Waals surface area contributed by atoms with Gasteiger partial charge >= 0.3 is 0 Å². The molecule has 0 atom stereocenters. The maximum absolute atomic E-state index is 11.2. The Bertz CT molecular complexity index is 117. The van der Waals surface area contributed by atoms with Gasteiger partial charge in [-0.05, 0) is 0 Å². The summed E-state index contributed by atoms with van der Waals surface area (Å²) in [4.78, 5) is 11.2. The summed E-state index contributed by atoms with van der Waals surface area (Å²) < 4.78 is 1.05. The van der Waals surface area contributed by atoms with Crippen LogP contribution >= 0.6 is 34.4 Å². The molecule has 0 aliphatic carbocycles. The largest absolute Gasteiger partial charge is 0.287 e. The summed E-state index contributed by atoms with van der Waals surface area (Å²) in [6.07, 6.45) is 0. The van der Waals surface area contributed by atoms with Gasteiger partial charge < -0.3 is 0 Å². The van der Waals surface area contributed by atoms with Gasteiger partial charge in [-0.1, -0.05) is 55.1 Å². The summed E-state index contributed by atoms with van der Waals surface area (Å²) in [6, 6.07) is 0. The van der Waals surface area contributed by atoms with Crippen LogP contribution in [0.15, 0.2) is 0 Å². The van der Waals surface area contributed by atoms with E-state index in [0.29, 0.717) is 5.12 Å². The monoisotopic (exact) mass is 272 g/mol. The Kier molecular flexibility index (Phi) is 4.94. The van der Waals surface area contributed by atoms with E-state index < -0.39 is 0 Å². The molecule has 0 rings (SSSR count). The summed E-state index contributed by atoms with van der Waals surface area (Å²) in [6.45, 7) is 5.86. The van der Waals surface area contributed by atoms with Gasteiger partial charge in [0.1, 0.15) is 0 Å².